The Kier molecular flexibility index (Phi) is 3.25. The van der Waals surface area contributed by atoms with Gasteiger partial charge in [-0.2, -0.15) is 13.2 Å². The minimum atomic E-state index is -4.18. The van der Waals surface area contributed by atoms with E-state index in [4.69, 9.17) is 4.74 Å². The molecule has 1 heterocycles. The van der Waals surface area contributed by atoms with E-state index in [1.807, 2.05) is 0 Å². The van der Waals surface area contributed by atoms with E-state index in [0.29, 0.717) is 13.2 Å². The van der Waals surface area contributed by atoms with Gasteiger partial charge >= 0.3 is 6.18 Å². The van der Waals surface area contributed by atoms with E-state index in [1.54, 1.807) is 6.26 Å². The van der Waals surface area contributed by atoms with Crippen LogP contribution in [0.1, 0.15) is 0 Å². The van der Waals surface area contributed by atoms with Gasteiger partial charge in [0.05, 0.1) is 13.2 Å². The zero-order valence-electron chi connectivity index (χ0n) is 6.60. The van der Waals surface area contributed by atoms with Gasteiger partial charge in [-0.1, -0.05) is 11.9 Å². The molecule has 0 aliphatic carbocycles. The fourth-order valence-electron chi connectivity index (χ4n) is 1.06. The summed E-state index contributed by atoms with van der Waals surface area (Å²) < 4.78 is 42.8. The standard InChI is InChI=1S/C6H10F3NOS/c1-12-10-2-3-11-4-5(10)6(7,8)9/h5H,2-4H2,1H3/t5-/m1/s1. The van der Waals surface area contributed by atoms with Gasteiger partial charge in [0.15, 0.2) is 0 Å². The van der Waals surface area contributed by atoms with Crippen molar-refractivity contribution < 1.29 is 17.9 Å². The lowest BCUT2D eigenvalue weighted by Crippen LogP contribution is -2.49. The third-order valence-electron chi connectivity index (χ3n) is 1.69. The topological polar surface area (TPSA) is 12.5 Å². The molecule has 0 saturated carbocycles. The quantitative estimate of drug-likeness (QED) is 0.597. The van der Waals surface area contributed by atoms with Gasteiger partial charge in [0.2, 0.25) is 0 Å². The number of nitrogens with zero attached hydrogens (tertiary/aromatic N) is 1. The average Bonchev–Trinajstić information content (AvgIpc) is 2.03. The van der Waals surface area contributed by atoms with Crippen molar-refractivity contribution in [3.63, 3.8) is 0 Å². The van der Waals surface area contributed by atoms with E-state index in [0.717, 1.165) is 11.9 Å². The number of alkyl halides is 3. The van der Waals surface area contributed by atoms with E-state index < -0.39 is 12.2 Å². The third-order valence-corrected chi connectivity index (χ3v) is 2.60. The highest BCUT2D eigenvalue weighted by Gasteiger charge is 2.45. The second kappa shape index (κ2) is 3.85. The molecule has 2 nitrogen and oxygen atoms in total. The maximum atomic E-state index is 12.2. The highest BCUT2D eigenvalue weighted by Crippen LogP contribution is 2.29. The first kappa shape index (κ1) is 10.1. The van der Waals surface area contributed by atoms with Crippen molar-refractivity contribution >= 4 is 11.9 Å². The zero-order chi connectivity index (χ0) is 9.19. The van der Waals surface area contributed by atoms with Crippen molar-refractivity contribution in [3.8, 4) is 0 Å². The van der Waals surface area contributed by atoms with Crippen LogP contribution in [0.2, 0.25) is 0 Å². The van der Waals surface area contributed by atoms with Crippen molar-refractivity contribution in [1.29, 1.82) is 0 Å². The van der Waals surface area contributed by atoms with Gasteiger partial charge < -0.3 is 4.74 Å². The predicted octanol–water partition coefficient (Wildman–Crippen LogP) is 1.53. The van der Waals surface area contributed by atoms with Crippen LogP contribution in [0.4, 0.5) is 13.2 Å². The smallest absolute Gasteiger partial charge is 0.378 e. The average molecular weight is 201 g/mol. The number of hydrogen-bond acceptors (Lipinski definition) is 3. The molecule has 1 atom stereocenters. The van der Waals surface area contributed by atoms with Crippen LogP contribution in [0.15, 0.2) is 0 Å². The number of morpholine rings is 1. The van der Waals surface area contributed by atoms with Gasteiger partial charge in [0, 0.05) is 6.54 Å². The molecule has 1 saturated heterocycles. The van der Waals surface area contributed by atoms with Crippen molar-refractivity contribution in [3.05, 3.63) is 0 Å². The van der Waals surface area contributed by atoms with E-state index in [9.17, 15) is 13.2 Å². The first-order valence-corrected chi connectivity index (χ1v) is 4.69. The number of rotatable bonds is 1. The molecule has 0 N–H and O–H groups in total. The summed E-state index contributed by atoms with van der Waals surface area (Å²) in [6, 6.07) is -1.44. The second-order valence-electron chi connectivity index (χ2n) is 2.46. The molecule has 1 aliphatic heterocycles. The van der Waals surface area contributed by atoms with Crippen LogP contribution in [0.3, 0.4) is 0 Å². The Balaban J connectivity index is 2.59. The van der Waals surface area contributed by atoms with E-state index in [2.05, 4.69) is 0 Å². The Hall–Kier alpha value is 0.0600. The molecule has 0 aromatic heterocycles. The second-order valence-corrected chi connectivity index (χ2v) is 3.29. The van der Waals surface area contributed by atoms with Crippen molar-refractivity contribution in [2.75, 3.05) is 26.0 Å². The zero-order valence-corrected chi connectivity index (χ0v) is 7.41. The molecule has 72 valence electrons. The summed E-state index contributed by atoms with van der Waals surface area (Å²) in [7, 11) is 0. The molecule has 0 spiro atoms. The van der Waals surface area contributed by atoms with Crippen LogP contribution in [-0.2, 0) is 4.74 Å². The van der Waals surface area contributed by atoms with Gasteiger partial charge in [-0.3, -0.25) is 0 Å². The maximum absolute atomic E-state index is 12.2. The predicted molar refractivity (Wildman–Crippen MR) is 40.9 cm³/mol. The Morgan fingerprint density at radius 2 is 2.17 bits per heavy atom. The summed E-state index contributed by atoms with van der Waals surface area (Å²) in [6.07, 6.45) is -2.53. The molecule has 1 fully saturated rings. The lowest BCUT2D eigenvalue weighted by atomic mass is 10.3. The van der Waals surface area contributed by atoms with Crippen molar-refractivity contribution in [2.24, 2.45) is 0 Å². The van der Waals surface area contributed by atoms with Crippen molar-refractivity contribution in [1.82, 2.24) is 4.31 Å². The molecular formula is C6H10F3NOS. The Labute approximate surface area is 73.2 Å². The molecule has 6 heteroatoms. The molecule has 0 amide bonds. The van der Waals surface area contributed by atoms with E-state index >= 15 is 0 Å². The summed E-state index contributed by atoms with van der Waals surface area (Å²) >= 11 is 1.11. The minimum absolute atomic E-state index is 0.246. The minimum Gasteiger partial charge on any atom is -0.378 e. The Morgan fingerprint density at radius 1 is 1.50 bits per heavy atom. The van der Waals surface area contributed by atoms with E-state index in [1.165, 1.54) is 4.31 Å². The largest absolute Gasteiger partial charge is 0.407 e. The molecule has 12 heavy (non-hydrogen) atoms. The third kappa shape index (κ3) is 2.27. The summed E-state index contributed by atoms with van der Waals surface area (Å²) in [5.74, 6) is 0. The first-order chi connectivity index (χ1) is 5.55. The van der Waals surface area contributed by atoms with Crippen LogP contribution in [0.25, 0.3) is 0 Å². The molecule has 0 aromatic rings. The highest BCUT2D eigenvalue weighted by atomic mass is 32.2. The molecule has 0 aromatic carbocycles. The van der Waals surface area contributed by atoms with Crippen LogP contribution >= 0.6 is 11.9 Å². The summed E-state index contributed by atoms with van der Waals surface area (Å²) in [4.78, 5) is 0. The lowest BCUT2D eigenvalue weighted by Gasteiger charge is -2.34. The molecular weight excluding hydrogens is 191 g/mol. The van der Waals surface area contributed by atoms with E-state index in [-0.39, 0.29) is 6.61 Å². The fraction of sp³-hybridized carbons (Fsp3) is 1.00. The summed E-state index contributed by atoms with van der Waals surface area (Å²) in [5, 5.41) is 0. The molecule has 1 aliphatic rings. The van der Waals surface area contributed by atoms with Gasteiger partial charge in [-0.15, -0.1) is 0 Å². The Morgan fingerprint density at radius 3 is 2.58 bits per heavy atom. The number of ether oxygens (including phenoxy) is 1. The van der Waals surface area contributed by atoms with Gasteiger partial charge in [-0.05, 0) is 6.26 Å². The molecule has 0 unspecified atom stereocenters. The van der Waals surface area contributed by atoms with Gasteiger partial charge in [0.1, 0.15) is 6.04 Å². The SMILES string of the molecule is CSN1CCOC[C@@H]1C(F)(F)F. The van der Waals surface area contributed by atoms with Crippen LogP contribution in [0.5, 0.6) is 0 Å². The molecule has 1 rings (SSSR count). The highest BCUT2D eigenvalue weighted by molar-refractivity contribution is 7.96. The van der Waals surface area contributed by atoms with Crippen molar-refractivity contribution in [2.45, 2.75) is 12.2 Å². The summed E-state index contributed by atoms with van der Waals surface area (Å²) in [5.41, 5.74) is 0. The maximum Gasteiger partial charge on any atom is 0.407 e. The van der Waals surface area contributed by atoms with Gasteiger partial charge in [0.25, 0.3) is 0 Å². The summed E-state index contributed by atoms with van der Waals surface area (Å²) in [6.45, 7) is 0.475. The normalized spacial score (nSPS) is 27.5. The molecule has 0 bridgehead atoms. The van der Waals surface area contributed by atoms with Gasteiger partial charge in [-0.25, -0.2) is 4.31 Å². The van der Waals surface area contributed by atoms with Crippen LogP contribution < -0.4 is 0 Å². The Bertz CT molecular complexity index is 152. The molecule has 0 radical (unpaired) electrons. The lowest BCUT2D eigenvalue weighted by molar-refractivity contribution is -0.194. The number of halogens is 3. The monoisotopic (exact) mass is 201 g/mol. The first-order valence-electron chi connectivity index (χ1n) is 3.51. The number of hydrogen-bond donors (Lipinski definition) is 0. The fourth-order valence-corrected chi connectivity index (χ4v) is 1.76. The van der Waals surface area contributed by atoms with Crippen LogP contribution in [-0.4, -0.2) is 42.5 Å². The van der Waals surface area contributed by atoms with Crippen LogP contribution in [0, 0.1) is 0 Å².